The van der Waals surface area contributed by atoms with Crippen LogP contribution in [0.15, 0.2) is 72.8 Å². The zero-order valence-corrected chi connectivity index (χ0v) is 20.7. The fourth-order valence-corrected chi connectivity index (χ4v) is 6.27. The molecule has 0 bridgehead atoms. The summed E-state index contributed by atoms with van der Waals surface area (Å²) in [5, 5.41) is 22.0. The highest BCUT2D eigenvalue weighted by atomic mass is 16.5. The number of carboxylic acids is 2. The Morgan fingerprint density at radius 2 is 1.62 bits per heavy atom. The predicted molar refractivity (Wildman–Crippen MR) is 143 cm³/mol. The summed E-state index contributed by atoms with van der Waals surface area (Å²) in [6.07, 6.45) is 1.83. The minimum absolute atomic E-state index is 0.0740. The van der Waals surface area contributed by atoms with Gasteiger partial charge in [-0.05, 0) is 65.6 Å². The van der Waals surface area contributed by atoms with Gasteiger partial charge < -0.3 is 14.9 Å². The molecule has 0 aromatic heterocycles. The molecule has 2 N–H and O–H groups in total. The number of benzene rings is 4. The summed E-state index contributed by atoms with van der Waals surface area (Å²) in [4.78, 5) is 24.6. The van der Waals surface area contributed by atoms with Crippen molar-refractivity contribution in [1.82, 2.24) is 0 Å². The van der Waals surface area contributed by atoms with E-state index in [-0.39, 0.29) is 25.0 Å². The number of rotatable bonds is 5. The predicted octanol–water partition coefficient (Wildman–Crippen LogP) is 6.50. The van der Waals surface area contributed by atoms with Gasteiger partial charge in [0.15, 0.2) is 0 Å². The monoisotopic (exact) mass is 490 g/mol. The van der Waals surface area contributed by atoms with Crippen molar-refractivity contribution in [3.63, 3.8) is 0 Å². The average molecular weight is 491 g/mol. The Balaban J connectivity index is 1.88. The lowest BCUT2D eigenvalue weighted by molar-refractivity contribution is -0.137. The third-order valence-electron chi connectivity index (χ3n) is 7.74. The Kier molecular flexibility index (Phi) is 5.19. The van der Waals surface area contributed by atoms with Crippen LogP contribution in [0.5, 0.6) is 5.75 Å². The number of ether oxygens (including phenoxy) is 1. The minimum Gasteiger partial charge on any atom is -0.488 e. The first-order valence-corrected chi connectivity index (χ1v) is 12.4. The third kappa shape index (κ3) is 3.30. The first kappa shape index (κ1) is 23.0. The van der Waals surface area contributed by atoms with Crippen LogP contribution < -0.4 is 4.74 Å². The minimum atomic E-state index is -1.02. The molecule has 0 amide bonds. The zero-order valence-electron chi connectivity index (χ0n) is 20.7. The first-order valence-electron chi connectivity index (χ1n) is 12.4. The van der Waals surface area contributed by atoms with Crippen molar-refractivity contribution in [3.05, 3.63) is 106 Å². The first-order chi connectivity index (χ1) is 17.8. The molecule has 0 saturated heterocycles. The molecule has 5 heteroatoms. The molecule has 37 heavy (non-hydrogen) atoms. The SMILES string of the molecule is Cc1ccc2c(c1)C(CCC(=O)O)(c1ccccc1)c1c3c(c4cc(C)ccc4c1-2)OCC=C3C(=O)O. The van der Waals surface area contributed by atoms with E-state index in [0.717, 1.165) is 49.7 Å². The van der Waals surface area contributed by atoms with Crippen molar-refractivity contribution >= 4 is 28.3 Å². The molecule has 0 fully saturated rings. The van der Waals surface area contributed by atoms with E-state index in [4.69, 9.17) is 4.74 Å². The molecule has 4 aromatic rings. The topological polar surface area (TPSA) is 83.8 Å². The van der Waals surface area contributed by atoms with E-state index in [1.165, 1.54) is 0 Å². The number of hydrogen-bond acceptors (Lipinski definition) is 3. The van der Waals surface area contributed by atoms with Crippen molar-refractivity contribution < 1.29 is 24.5 Å². The molecular weight excluding hydrogens is 464 g/mol. The summed E-state index contributed by atoms with van der Waals surface area (Å²) in [5.74, 6) is -1.36. The third-order valence-corrected chi connectivity index (χ3v) is 7.74. The smallest absolute Gasteiger partial charge is 0.336 e. The van der Waals surface area contributed by atoms with Crippen molar-refractivity contribution in [1.29, 1.82) is 0 Å². The average Bonchev–Trinajstić information content (AvgIpc) is 3.18. The van der Waals surface area contributed by atoms with Gasteiger partial charge in [-0.3, -0.25) is 4.79 Å². The summed E-state index contributed by atoms with van der Waals surface area (Å²) in [6.45, 7) is 4.20. The van der Waals surface area contributed by atoms with Gasteiger partial charge in [0, 0.05) is 22.8 Å². The van der Waals surface area contributed by atoms with E-state index in [1.807, 2.05) is 50.2 Å². The highest BCUT2D eigenvalue weighted by Gasteiger charge is 2.49. The van der Waals surface area contributed by atoms with Crippen molar-refractivity contribution in [2.45, 2.75) is 32.1 Å². The van der Waals surface area contributed by atoms with Gasteiger partial charge in [0.25, 0.3) is 0 Å². The molecule has 6 rings (SSSR count). The van der Waals surface area contributed by atoms with Gasteiger partial charge in [-0.1, -0.05) is 71.8 Å². The summed E-state index contributed by atoms with van der Waals surface area (Å²) < 4.78 is 6.22. The molecule has 1 atom stereocenters. The van der Waals surface area contributed by atoms with E-state index in [9.17, 15) is 19.8 Å². The Bertz CT molecular complexity index is 1650. The van der Waals surface area contributed by atoms with Crippen molar-refractivity contribution in [2.75, 3.05) is 6.61 Å². The highest BCUT2D eigenvalue weighted by Crippen LogP contribution is 2.61. The number of fused-ring (bicyclic) bond motifs is 8. The standard InChI is InChI=1S/C32H26O5/c1-18-8-10-21-24(16-18)30-28(23(31(35)36)13-15-37-30)29-27(21)22-11-9-19(2)17-25(22)32(29,14-12-26(33)34)20-6-4-3-5-7-20/h3-11,13,16-17H,12,14-15H2,1-2H3,(H,33,34)(H,35,36). The Morgan fingerprint density at radius 1 is 0.892 bits per heavy atom. The highest BCUT2D eigenvalue weighted by molar-refractivity contribution is 6.21. The van der Waals surface area contributed by atoms with Gasteiger partial charge in [0.1, 0.15) is 12.4 Å². The molecule has 4 aromatic carbocycles. The summed E-state index contributed by atoms with van der Waals surface area (Å²) in [5.41, 5.74) is 6.70. The van der Waals surface area contributed by atoms with Gasteiger partial charge in [0.2, 0.25) is 0 Å². The maximum Gasteiger partial charge on any atom is 0.336 e. The molecule has 1 aliphatic heterocycles. The Labute approximate surface area is 214 Å². The fourth-order valence-electron chi connectivity index (χ4n) is 6.27. The summed E-state index contributed by atoms with van der Waals surface area (Å²) in [6, 6.07) is 22.3. The molecule has 2 aliphatic rings. The molecular formula is C32H26O5. The molecule has 0 radical (unpaired) electrons. The van der Waals surface area contributed by atoms with Crippen LogP contribution in [0.4, 0.5) is 0 Å². The van der Waals surface area contributed by atoms with E-state index >= 15 is 0 Å². The van der Waals surface area contributed by atoms with E-state index in [2.05, 4.69) is 30.3 Å². The van der Waals surface area contributed by atoms with Crippen LogP contribution in [0.25, 0.3) is 27.5 Å². The van der Waals surface area contributed by atoms with Gasteiger partial charge in [-0.15, -0.1) is 0 Å². The van der Waals surface area contributed by atoms with Crippen LogP contribution >= 0.6 is 0 Å². The van der Waals surface area contributed by atoms with Crippen LogP contribution in [0.1, 0.15) is 46.2 Å². The number of hydrogen-bond donors (Lipinski definition) is 2. The number of carbonyl (C=O) groups is 2. The molecule has 0 saturated carbocycles. The molecule has 1 heterocycles. The molecule has 1 aliphatic carbocycles. The quantitative estimate of drug-likeness (QED) is 0.334. The van der Waals surface area contributed by atoms with E-state index < -0.39 is 17.4 Å². The maximum absolute atomic E-state index is 12.6. The Morgan fingerprint density at radius 3 is 2.35 bits per heavy atom. The van der Waals surface area contributed by atoms with E-state index in [0.29, 0.717) is 11.3 Å². The number of aryl methyl sites for hydroxylation is 2. The van der Waals surface area contributed by atoms with Crippen LogP contribution in [0.2, 0.25) is 0 Å². The molecule has 5 nitrogen and oxygen atoms in total. The Hall–Kier alpha value is -4.38. The normalized spacial score (nSPS) is 17.4. The van der Waals surface area contributed by atoms with Crippen molar-refractivity contribution in [2.24, 2.45) is 0 Å². The van der Waals surface area contributed by atoms with Gasteiger partial charge >= 0.3 is 11.9 Å². The van der Waals surface area contributed by atoms with Gasteiger partial charge in [0.05, 0.1) is 5.57 Å². The second-order valence-electron chi connectivity index (χ2n) is 9.95. The molecule has 1 unspecified atom stereocenters. The van der Waals surface area contributed by atoms with Crippen molar-refractivity contribution in [3.8, 4) is 16.9 Å². The number of carboxylic acid groups (broad SMARTS) is 2. The fraction of sp³-hybridized carbons (Fsp3) is 0.188. The lowest BCUT2D eigenvalue weighted by Crippen LogP contribution is -2.30. The van der Waals surface area contributed by atoms with Crippen LogP contribution in [-0.4, -0.2) is 28.8 Å². The summed E-state index contributed by atoms with van der Waals surface area (Å²) >= 11 is 0. The van der Waals surface area contributed by atoms with Gasteiger partial charge in [-0.2, -0.15) is 0 Å². The molecule has 0 spiro atoms. The maximum atomic E-state index is 12.6. The van der Waals surface area contributed by atoms with E-state index in [1.54, 1.807) is 6.08 Å². The number of aliphatic carboxylic acids is 2. The second-order valence-corrected chi connectivity index (χ2v) is 9.95. The lowest BCUT2D eigenvalue weighted by atomic mass is 9.67. The summed E-state index contributed by atoms with van der Waals surface area (Å²) in [7, 11) is 0. The van der Waals surface area contributed by atoms with Crippen LogP contribution in [0.3, 0.4) is 0 Å². The molecule has 184 valence electrons. The van der Waals surface area contributed by atoms with Crippen LogP contribution in [0, 0.1) is 13.8 Å². The zero-order chi connectivity index (χ0) is 25.9. The van der Waals surface area contributed by atoms with Crippen LogP contribution in [-0.2, 0) is 15.0 Å². The largest absolute Gasteiger partial charge is 0.488 e. The second kappa shape index (κ2) is 8.34. The van der Waals surface area contributed by atoms with Gasteiger partial charge in [-0.25, -0.2) is 4.79 Å². The lowest BCUT2D eigenvalue weighted by Gasteiger charge is -2.36.